The summed E-state index contributed by atoms with van der Waals surface area (Å²) in [6.07, 6.45) is 4.40. The Labute approximate surface area is 157 Å². The molecule has 7 nitrogen and oxygen atoms in total. The molecule has 0 aliphatic carbocycles. The van der Waals surface area contributed by atoms with E-state index in [1.807, 2.05) is 0 Å². The quantitative estimate of drug-likeness (QED) is 0.542. The molecule has 0 amide bonds. The number of halogens is 2. The van der Waals surface area contributed by atoms with E-state index < -0.39 is 27.1 Å². The zero-order valence-corrected chi connectivity index (χ0v) is 15.6. The van der Waals surface area contributed by atoms with Gasteiger partial charge in [-0.3, -0.25) is 9.51 Å². The molecule has 2 aromatic carbocycles. The lowest BCUT2D eigenvalue weighted by atomic mass is 10.0. The lowest BCUT2D eigenvalue weighted by Gasteiger charge is -2.08. The number of hydrogen-bond donors (Lipinski definition) is 2. The molecule has 0 radical (unpaired) electrons. The van der Waals surface area contributed by atoms with Crippen molar-refractivity contribution in [2.75, 3.05) is 12.5 Å². The van der Waals surface area contributed by atoms with Crippen LogP contribution in [0.5, 0.6) is 0 Å². The Morgan fingerprint density at radius 2 is 1.89 bits per heavy atom. The molecule has 144 valence electrons. The van der Waals surface area contributed by atoms with Gasteiger partial charge in [0.2, 0.25) is 0 Å². The van der Waals surface area contributed by atoms with E-state index in [4.69, 9.17) is 0 Å². The fourth-order valence-corrected chi connectivity index (χ4v) is 3.59. The zero-order chi connectivity index (χ0) is 20.1. The molecule has 2 N–H and O–H groups in total. The van der Waals surface area contributed by atoms with Crippen LogP contribution in [0.4, 0.5) is 14.5 Å². The second kappa shape index (κ2) is 6.41. The molecule has 28 heavy (non-hydrogen) atoms. The van der Waals surface area contributed by atoms with E-state index in [2.05, 4.69) is 24.0 Å². The highest BCUT2D eigenvalue weighted by Crippen LogP contribution is 2.36. The molecular weight excluding hydrogens is 390 g/mol. The van der Waals surface area contributed by atoms with E-state index >= 15 is 4.39 Å². The van der Waals surface area contributed by atoms with Gasteiger partial charge >= 0.3 is 5.76 Å². The van der Waals surface area contributed by atoms with Crippen LogP contribution in [0, 0.1) is 11.6 Å². The van der Waals surface area contributed by atoms with Crippen molar-refractivity contribution < 1.29 is 17.5 Å². The molecular formula is C18H14F2N4O3S. The van der Waals surface area contributed by atoms with Crippen molar-refractivity contribution in [2.45, 2.75) is 0 Å². The molecule has 0 spiro atoms. The molecule has 0 unspecified atom stereocenters. The number of nitrogens with zero attached hydrogens (tertiary/aromatic N) is 2. The average molecular weight is 404 g/mol. The maximum absolute atomic E-state index is 15.3. The molecule has 0 aliphatic rings. The van der Waals surface area contributed by atoms with Crippen LogP contribution in [-0.2, 0) is 9.73 Å². The van der Waals surface area contributed by atoms with E-state index in [0.29, 0.717) is 5.69 Å². The van der Waals surface area contributed by atoms with Crippen molar-refractivity contribution in [3.63, 3.8) is 0 Å². The maximum atomic E-state index is 15.3. The van der Waals surface area contributed by atoms with Crippen LogP contribution in [0.15, 0.2) is 50.2 Å². The Morgan fingerprint density at radius 3 is 2.50 bits per heavy atom. The van der Waals surface area contributed by atoms with E-state index in [0.717, 1.165) is 0 Å². The van der Waals surface area contributed by atoms with Gasteiger partial charge in [0, 0.05) is 39.4 Å². The van der Waals surface area contributed by atoms with Crippen molar-refractivity contribution in [3.05, 3.63) is 58.7 Å². The first kappa shape index (κ1) is 18.1. The second-order valence-corrected chi connectivity index (χ2v) is 8.98. The van der Waals surface area contributed by atoms with Gasteiger partial charge in [0.25, 0.3) is 0 Å². The Balaban J connectivity index is 1.90. The lowest BCUT2D eigenvalue weighted by Crippen LogP contribution is -1.95. The van der Waals surface area contributed by atoms with Crippen LogP contribution in [0.1, 0.15) is 0 Å². The third-order valence-corrected chi connectivity index (χ3v) is 4.69. The Hall–Kier alpha value is -3.27. The molecule has 0 bridgehead atoms. The van der Waals surface area contributed by atoms with Gasteiger partial charge in [0.1, 0.15) is 11.6 Å². The van der Waals surface area contributed by atoms with Crippen molar-refractivity contribution in [2.24, 2.45) is 4.36 Å². The van der Waals surface area contributed by atoms with Gasteiger partial charge in [-0.15, -0.1) is 0 Å². The van der Waals surface area contributed by atoms with Crippen molar-refractivity contribution in [1.29, 1.82) is 0 Å². The summed E-state index contributed by atoms with van der Waals surface area (Å²) in [4.78, 5) is 16.3. The number of nitrogens with one attached hydrogen (secondary N) is 2. The first-order chi connectivity index (χ1) is 13.2. The van der Waals surface area contributed by atoms with Crippen molar-refractivity contribution >= 4 is 26.3 Å². The predicted octanol–water partition coefficient (Wildman–Crippen LogP) is 3.82. The van der Waals surface area contributed by atoms with Crippen LogP contribution < -0.4 is 5.76 Å². The zero-order valence-electron chi connectivity index (χ0n) is 14.7. The standard InChI is InChI=1S/C18H14F2N4O3S/c1-28(2,26)24-10-5-3-9(4-6-10)14-12(19)7-13-15(16(14)20)11(8-21-13)17-22-18(25)27-23-17/h3-8,21H,1-2H3,(H,22,23,25). The van der Waals surface area contributed by atoms with Gasteiger partial charge < -0.3 is 4.98 Å². The van der Waals surface area contributed by atoms with Crippen molar-refractivity contribution in [1.82, 2.24) is 15.1 Å². The van der Waals surface area contributed by atoms with E-state index in [-0.39, 0.29) is 33.4 Å². The van der Waals surface area contributed by atoms with E-state index in [1.165, 1.54) is 49.0 Å². The van der Waals surface area contributed by atoms with Gasteiger partial charge in [0.05, 0.1) is 16.8 Å². The van der Waals surface area contributed by atoms with Gasteiger partial charge in [0.15, 0.2) is 5.82 Å². The van der Waals surface area contributed by atoms with E-state index in [9.17, 15) is 13.4 Å². The van der Waals surface area contributed by atoms with Gasteiger partial charge in [-0.25, -0.2) is 17.8 Å². The molecule has 0 fully saturated rings. The third-order valence-electron chi connectivity index (χ3n) is 4.04. The Morgan fingerprint density at radius 1 is 1.18 bits per heavy atom. The minimum absolute atomic E-state index is 0.0301. The number of H-pyrrole nitrogens is 2. The van der Waals surface area contributed by atoms with Gasteiger partial charge in [-0.05, 0) is 23.8 Å². The molecule has 0 aliphatic heterocycles. The lowest BCUT2D eigenvalue weighted by molar-refractivity contribution is 0.388. The number of benzene rings is 2. The topological polar surface area (TPSA) is 104 Å². The SMILES string of the molecule is CS(C)(=O)=Nc1ccc(-c2c(F)cc3[nH]cc(-c4noc(=O)[nH]4)c3c2F)cc1. The third kappa shape index (κ3) is 3.22. The van der Waals surface area contributed by atoms with Crippen molar-refractivity contribution in [3.8, 4) is 22.5 Å². The summed E-state index contributed by atoms with van der Waals surface area (Å²) in [5.41, 5.74) is 0.946. The largest absolute Gasteiger partial charge is 0.439 e. The Bertz CT molecular complexity index is 1370. The highest BCUT2D eigenvalue weighted by atomic mass is 32.2. The average Bonchev–Trinajstić information content (AvgIpc) is 3.21. The minimum Gasteiger partial charge on any atom is -0.360 e. The summed E-state index contributed by atoms with van der Waals surface area (Å²) in [5, 5.41) is 3.63. The summed E-state index contributed by atoms with van der Waals surface area (Å²) in [5.74, 6) is -2.32. The summed E-state index contributed by atoms with van der Waals surface area (Å²) in [6, 6.07) is 7.25. The monoisotopic (exact) mass is 404 g/mol. The molecule has 4 rings (SSSR count). The number of rotatable bonds is 3. The van der Waals surface area contributed by atoms with Gasteiger partial charge in [-0.2, -0.15) is 4.36 Å². The maximum Gasteiger partial charge on any atom is 0.439 e. The highest BCUT2D eigenvalue weighted by molar-refractivity contribution is 7.92. The number of hydrogen-bond acceptors (Lipinski definition) is 5. The highest BCUT2D eigenvalue weighted by Gasteiger charge is 2.21. The van der Waals surface area contributed by atoms with Crippen LogP contribution in [0.3, 0.4) is 0 Å². The smallest absolute Gasteiger partial charge is 0.360 e. The number of aromatic nitrogens is 3. The molecule has 0 saturated carbocycles. The first-order valence-electron chi connectivity index (χ1n) is 8.06. The van der Waals surface area contributed by atoms with Crippen LogP contribution in [-0.4, -0.2) is 31.8 Å². The fourth-order valence-electron chi connectivity index (χ4n) is 2.96. The molecule has 2 heterocycles. The Kier molecular flexibility index (Phi) is 4.15. The van der Waals surface area contributed by atoms with Gasteiger partial charge in [-0.1, -0.05) is 17.3 Å². The molecule has 0 saturated heterocycles. The number of aromatic amines is 2. The summed E-state index contributed by atoms with van der Waals surface area (Å²) < 4.78 is 50.2. The number of fused-ring (bicyclic) bond motifs is 1. The second-order valence-electron chi connectivity index (χ2n) is 6.44. The molecule has 10 heteroatoms. The summed E-state index contributed by atoms with van der Waals surface area (Å²) >= 11 is 0. The van der Waals surface area contributed by atoms with E-state index in [1.54, 1.807) is 0 Å². The molecule has 2 aromatic heterocycles. The van der Waals surface area contributed by atoms with Crippen LogP contribution in [0.2, 0.25) is 0 Å². The summed E-state index contributed by atoms with van der Waals surface area (Å²) in [7, 11) is -2.35. The summed E-state index contributed by atoms with van der Waals surface area (Å²) in [6.45, 7) is 0. The normalized spacial score (nSPS) is 11.9. The minimum atomic E-state index is -2.35. The first-order valence-corrected chi connectivity index (χ1v) is 10.4. The fraction of sp³-hybridized carbons (Fsp3) is 0.111. The molecule has 4 aromatic rings. The molecule has 0 atom stereocenters. The van der Waals surface area contributed by atoms with Crippen LogP contribution in [0.25, 0.3) is 33.4 Å². The van der Waals surface area contributed by atoms with Crippen LogP contribution >= 0.6 is 0 Å². The predicted molar refractivity (Wildman–Crippen MR) is 102 cm³/mol.